The summed E-state index contributed by atoms with van der Waals surface area (Å²) in [5, 5.41) is 10.5. The van der Waals surface area contributed by atoms with Gasteiger partial charge in [0.05, 0.1) is 12.3 Å². The van der Waals surface area contributed by atoms with Crippen molar-refractivity contribution >= 4 is 17.7 Å². The highest BCUT2D eigenvalue weighted by Crippen LogP contribution is 2.38. The topological polar surface area (TPSA) is 79.9 Å². The van der Waals surface area contributed by atoms with Crippen molar-refractivity contribution in [3.63, 3.8) is 0 Å². The Morgan fingerprint density at radius 1 is 1.36 bits per heavy atom. The van der Waals surface area contributed by atoms with Crippen molar-refractivity contribution in [1.82, 2.24) is 20.5 Å². The highest BCUT2D eigenvalue weighted by molar-refractivity contribution is 7.99. The number of H-pyrrole nitrogens is 1. The number of ether oxygens (including phenoxy) is 1. The first-order chi connectivity index (χ1) is 10.8. The van der Waals surface area contributed by atoms with Gasteiger partial charge in [0, 0.05) is 5.92 Å². The lowest BCUT2D eigenvalue weighted by atomic mass is 10.3. The van der Waals surface area contributed by atoms with Crippen LogP contribution in [0.15, 0.2) is 35.5 Å². The number of hydrogen-bond acceptors (Lipinski definition) is 5. The molecule has 3 rings (SSSR count). The maximum absolute atomic E-state index is 11.7. The summed E-state index contributed by atoms with van der Waals surface area (Å²) in [7, 11) is 0. The molecule has 1 amide bonds. The first-order valence-electron chi connectivity index (χ1n) is 7.31. The maximum Gasteiger partial charge on any atom is 0.230 e. The molecule has 0 unspecified atom stereocenters. The molecule has 0 atom stereocenters. The second-order valence-electron chi connectivity index (χ2n) is 5.08. The van der Waals surface area contributed by atoms with Gasteiger partial charge < -0.3 is 10.1 Å². The van der Waals surface area contributed by atoms with Crippen molar-refractivity contribution in [3.8, 4) is 5.75 Å². The number of carbonyl (C=O) groups excluding carboxylic acids is 1. The van der Waals surface area contributed by atoms with Crippen molar-refractivity contribution in [2.45, 2.75) is 23.9 Å². The minimum Gasteiger partial charge on any atom is -0.492 e. The van der Waals surface area contributed by atoms with Crippen LogP contribution in [0.25, 0.3) is 0 Å². The van der Waals surface area contributed by atoms with Crippen LogP contribution < -0.4 is 10.1 Å². The molecule has 116 valence electrons. The van der Waals surface area contributed by atoms with Crippen LogP contribution in [-0.2, 0) is 4.79 Å². The summed E-state index contributed by atoms with van der Waals surface area (Å²) in [5.74, 6) is 2.57. The minimum atomic E-state index is -0.0422. The Labute approximate surface area is 133 Å². The second-order valence-corrected chi connectivity index (χ2v) is 6.02. The molecule has 1 aliphatic rings. The molecule has 7 heteroatoms. The van der Waals surface area contributed by atoms with Crippen LogP contribution in [0.3, 0.4) is 0 Å². The fourth-order valence-electron chi connectivity index (χ4n) is 1.92. The van der Waals surface area contributed by atoms with Crippen molar-refractivity contribution in [3.05, 3.63) is 36.2 Å². The zero-order valence-corrected chi connectivity index (χ0v) is 12.9. The average Bonchev–Trinajstić information content (AvgIpc) is 3.29. The van der Waals surface area contributed by atoms with Crippen molar-refractivity contribution in [2.75, 3.05) is 18.9 Å². The van der Waals surface area contributed by atoms with Crippen molar-refractivity contribution in [1.29, 1.82) is 0 Å². The zero-order valence-electron chi connectivity index (χ0n) is 12.1. The van der Waals surface area contributed by atoms with Crippen LogP contribution >= 0.6 is 11.8 Å². The highest BCUT2D eigenvalue weighted by Gasteiger charge is 2.27. The van der Waals surface area contributed by atoms with Crippen molar-refractivity contribution < 1.29 is 9.53 Å². The molecule has 2 aromatic rings. The number of rotatable bonds is 8. The number of aromatic amines is 1. The third-order valence-corrected chi connectivity index (χ3v) is 4.06. The van der Waals surface area contributed by atoms with E-state index in [1.807, 2.05) is 30.3 Å². The summed E-state index contributed by atoms with van der Waals surface area (Å²) in [6.45, 7) is 0.933. The lowest BCUT2D eigenvalue weighted by Crippen LogP contribution is -2.29. The molecular formula is C15H18N4O2S. The zero-order chi connectivity index (χ0) is 15.2. The number of aromatic nitrogens is 3. The van der Waals surface area contributed by atoms with E-state index in [4.69, 9.17) is 4.74 Å². The van der Waals surface area contributed by atoms with Crippen molar-refractivity contribution in [2.24, 2.45) is 0 Å². The molecule has 6 nitrogen and oxygen atoms in total. The number of benzene rings is 1. The van der Waals surface area contributed by atoms with Gasteiger partial charge >= 0.3 is 0 Å². The van der Waals surface area contributed by atoms with Gasteiger partial charge in [-0.2, -0.15) is 0 Å². The number of para-hydroxylation sites is 1. The number of thioether (sulfide) groups is 1. The summed E-state index contributed by atoms with van der Waals surface area (Å²) < 4.78 is 5.50. The molecule has 1 aromatic carbocycles. The monoisotopic (exact) mass is 318 g/mol. The van der Waals surface area contributed by atoms with Gasteiger partial charge in [0.25, 0.3) is 0 Å². The van der Waals surface area contributed by atoms with Gasteiger partial charge in [0.15, 0.2) is 0 Å². The Morgan fingerprint density at radius 2 is 2.18 bits per heavy atom. The average molecular weight is 318 g/mol. The van der Waals surface area contributed by atoms with Crippen LogP contribution in [0.2, 0.25) is 0 Å². The largest absolute Gasteiger partial charge is 0.492 e. The van der Waals surface area contributed by atoms with Gasteiger partial charge in [-0.1, -0.05) is 30.0 Å². The molecule has 1 fully saturated rings. The molecule has 2 N–H and O–H groups in total. The van der Waals surface area contributed by atoms with Crippen LogP contribution in [0.1, 0.15) is 24.6 Å². The van der Waals surface area contributed by atoms with Gasteiger partial charge in [-0.15, -0.1) is 5.10 Å². The Balaban J connectivity index is 1.30. The van der Waals surface area contributed by atoms with Crippen LogP contribution in [-0.4, -0.2) is 40.0 Å². The molecule has 0 spiro atoms. The van der Waals surface area contributed by atoms with Crippen LogP contribution in [0, 0.1) is 0 Å². The van der Waals surface area contributed by atoms with Crippen LogP contribution in [0.5, 0.6) is 5.75 Å². The van der Waals surface area contributed by atoms with E-state index in [-0.39, 0.29) is 5.91 Å². The summed E-state index contributed by atoms with van der Waals surface area (Å²) >= 11 is 1.34. The van der Waals surface area contributed by atoms with Gasteiger partial charge in [-0.25, -0.2) is 4.98 Å². The van der Waals surface area contributed by atoms with Crippen LogP contribution in [0.4, 0.5) is 0 Å². The van der Waals surface area contributed by atoms with Gasteiger partial charge in [0.1, 0.15) is 18.2 Å². The van der Waals surface area contributed by atoms with E-state index < -0.39 is 0 Å². The lowest BCUT2D eigenvalue weighted by molar-refractivity contribution is -0.118. The number of amides is 1. The Bertz CT molecular complexity index is 613. The third-order valence-electron chi connectivity index (χ3n) is 3.21. The number of nitrogens with zero attached hydrogens (tertiary/aromatic N) is 2. The molecule has 1 aromatic heterocycles. The Kier molecular flexibility index (Phi) is 4.95. The maximum atomic E-state index is 11.7. The quantitative estimate of drug-likeness (QED) is 0.574. The molecule has 0 aliphatic heterocycles. The van der Waals surface area contributed by atoms with E-state index in [9.17, 15) is 4.79 Å². The lowest BCUT2D eigenvalue weighted by Gasteiger charge is -2.06. The predicted molar refractivity (Wildman–Crippen MR) is 84.0 cm³/mol. The second kappa shape index (κ2) is 7.31. The fraction of sp³-hybridized carbons (Fsp3) is 0.400. The summed E-state index contributed by atoms with van der Waals surface area (Å²) in [6.07, 6.45) is 2.36. The Morgan fingerprint density at radius 3 is 2.95 bits per heavy atom. The molecule has 0 radical (unpaired) electrons. The van der Waals surface area contributed by atoms with E-state index in [2.05, 4.69) is 20.5 Å². The summed E-state index contributed by atoms with van der Waals surface area (Å²) in [6, 6.07) is 9.54. The van der Waals surface area contributed by atoms with Gasteiger partial charge in [0.2, 0.25) is 11.1 Å². The van der Waals surface area contributed by atoms with Gasteiger partial charge in [-0.3, -0.25) is 9.89 Å². The first kappa shape index (κ1) is 14.9. The Hall–Kier alpha value is -2.02. The third kappa shape index (κ3) is 4.49. The molecule has 1 aliphatic carbocycles. The smallest absolute Gasteiger partial charge is 0.230 e. The summed E-state index contributed by atoms with van der Waals surface area (Å²) in [4.78, 5) is 16.1. The molecule has 1 heterocycles. The highest BCUT2D eigenvalue weighted by atomic mass is 32.2. The van der Waals surface area contributed by atoms with E-state index in [0.29, 0.717) is 30.0 Å². The fourth-order valence-corrected chi connectivity index (χ4v) is 2.55. The first-order valence-corrected chi connectivity index (χ1v) is 8.29. The molecule has 1 saturated carbocycles. The van der Waals surface area contributed by atoms with E-state index in [0.717, 1.165) is 11.6 Å². The molecular weight excluding hydrogens is 300 g/mol. The number of nitrogens with one attached hydrogen (secondary N) is 2. The summed E-state index contributed by atoms with van der Waals surface area (Å²) in [5.41, 5.74) is 0. The van der Waals surface area contributed by atoms with E-state index in [1.165, 1.54) is 24.6 Å². The predicted octanol–water partition coefficient (Wildman–Crippen LogP) is 1.97. The number of carbonyl (C=O) groups is 1. The molecule has 22 heavy (non-hydrogen) atoms. The molecule has 0 saturated heterocycles. The van der Waals surface area contributed by atoms with E-state index in [1.54, 1.807) is 0 Å². The standard InChI is InChI=1S/C15H18N4O2S/c20-13(16-8-9-21-12-4-2-1-3-5-12)10-22-15-17-14(18-19-15)11-6-7-11/h1-5,11H,6-10H2,(H,16,20)(H,17,18,19). The number of hydrogen-bond donors (Lipinski definition) is 2. The normalized spacial score (nSPS) is 13.8. The van der Waals surface area contributed by atoms with E-state index >= 15 is 0 Å². The minimum absolute atomic E-state index is 0.0422. The SMILES string of the molecule is O=C(CSc1n[nH]c(C2CC2)n1)NCCOc1ccccc1. The van der Waals surface area contributed by atoms with Gasteiger partial charge in [-0.05, 0) is 25.0 Å². The molecule has 0 bridgehead atoms.